The number of aliphatic hydroxyl groups is 3. The lowest BCUT2D eigenvalue weighted by molar-refractivity contribution is -0.0282. The summed E-state index contributed by atoms with van der Waals surface area (Å²) in [5.41, 5.74) is 0. The molecule has 4 nitrogen and oxygen atoms in total. The first kappa shape index (κ1) is 8.44. The molecule has 0 saturated carbocycles. The Balaban J connectivity index is 2.12. The molecule has 0 spiro atoms. The van der Waals surface area contributed by atoms with Crippen LogP contribution in [0, 0.1) is 0 Å². The van der Waals surface area contributed by atoms with E-state index in [9.17, 15) is 15.3 Å². The van der Waals surface area contributed by atoms with Gasteiger partial charge in [-0.1, -0.05) is 0 Å². The van der Waals surface area contributed by atoms with Gasteiger partial charge in [0.05, 0.1) is 24.4 Å². The van der Waals surface area contributed by atoms with Gasteiger partial charge in [0.2, 0.25) is 0 Å². The van der Waals surface area contributed by atoms with E-state index in [2.05, 4.69) is 0 Å². The van der Waals surface area contributed by atoms with E-state index in [1.165, 1.54) is 0 Å². The Kier molecular flexibility index (Phi) is 2.08. The van der Waals surface area contributed by atoms with Crippen molar-refractivity contribution in [1.82, 2.24) is 4.90 Å². The Morgan fingerprint density at radius 3 is 2.50 bits per heavy atom. The fourth-order valence-corrected chi connectivity index (χ4v) is 2.30. The molecule has 4 atom stereocenters. The number of hydrogen-bond donors (Lipinski definition) is 3. The van der Waals surface area contributed by atoms with Crippen LogP contribution in [0.3, 0.4) is 0 Å². The smallest absolute Gasteiger partial charge is 0.0991 e. The Bertz CT molecular complexity index is 176. The summed E-state index contributed by atoms with van der Waals surface area (Å²) in [6, 6.07) is -0.228. The van der Waals surface area contributed by atoms with Crippen molar-refractivity contribution in [3.63, 3.8) is 0 Å². The van der Waals surface area contributed by atoms with Gasteiger partial charge in [0.25, 0.3) is 0 Å². The van der Waals surface area contributed by atoms with Crippen LogP contribution < -0.4 is 0 Å². The second kappa shape index (κ2) is 2.96. The van der Waals surface area contributed by atoms with Gasteiger partial charge in [-0.05, 0) is 19.4 Å². The summed E-state index contributed by atoms with van der Waals surface area (Å²) >= 11 is 0. The van der Waals surface area contributed by atoms with E-state index in [0.29, 0.717) is 6.54 Å². The van der Waals surface area contributed by atoms with Crippen LogP contribution in [0.15, 0.2) is 0 Å². The molecule has 2 rings (SSSR count). The van der Waals surface area contributed by atoms with Crippen LogP contribution in [0.4, 0.5) is 0 Å². The molecule has 2 saturated heterocycles. The molecule has 0 aromatic carbocycles. The molecular formula is C8H15NO3. The van der Waals surface area contributed by atoms with E-state index in [1.807, 2.05) is 4.90 Å². The van der Waals surface area contributed by atoms with E-state index in [0.717, 1.165) is 19.4 Å². The summed E-state index contributed by atoms with van der Waals surface area (Å²) in [4.78, 5) is 1.98. The first-order valence-electron chi connectivity index (χ1n) is 4.48. The van der Waals surface area contributed by atoms with Crippen molar-refractivity contribution in [3.8, 4) is 0 Å². The molecule has 2 aliphatic rings. The van der Waals surface area contributed by atoms with E-state index in [1.54, 1.807) is 0 Å². The van der Waals surface area contributed by atoms with Crippen molar-refractivity contribution >= 4 is 0 Å². The maximum atomic E-state index is 9.55. The predicted molar refractivity (Wildman–Crippen MR) is 42.6 cm³/mol. The first-order valence-corrected chi connectivity index (χ1v) is 4.48. The fraction of sp³-hybridized carbons (Fsp3) is 1.00. The van der Waals surface area contributed by atoms with Gasteiger partial charge in [0.15, 0.2) is 0 Å². The lowest BCUT2D eigenvalue weighted by atomic mass is 9.97. The highest BCUT2D eigenvalue weighted by Crippen LogP contribution is 2.27. The number of aliphatic hydroxyl groups excluding tert-OH is 3. The van der Waals surface area contributed by atoms with Gasteiger partial charge in [0.1, 0.15) is 0 Å². The van der Waals surface area contributed by atoms with Crippen LogP contribution in [0.5, 0.6) is 0 Å². The largest absolute Gasteiger partial charge is 0.391 e. The summed E-state index contributed by atoms with van der Waals surface area (Å²) in [7, 11) is 0. The standard InChI is InChI=1S/C8H15NO3/c10-5-2-1-3-9-4-6(11)8(12)7(5)9/h5-8,10-12H,1-4H2/t5-,6-,7+,8+/m0/s1. The minimum absolute atomic E-state index is 0.228. The summed E-state index contributed by atoms with van der Waals surface area (Å²) in [6.45, 7) is 1.39. The van der Waals surface area contributed by atoms with Gasteiger partial charge < -0.3 is 15.3 Å². The Morgan fingerprint density at radius 2 is 1.83 bits per heavy atom. The third kappa shape index (κ3) is 1.15. The number of fused-ring (bicyclic) bond motifs is 1. The van der Waals surface area contributed by atoms with E-state index in [-0.39, 0.29) is 6.04 Å². The van der Waals surface area contributed by atoms with Crippen molar-refractivity contribution < 1.29 is 15.3 Å². The average Bonchev–Trinajstić information content (AvgIpc) is 2.29. The molecule has 12 heavy (non-hydrogen) atoms. The predicted octanol–water partition coefficient (Wildman–Crippen LogP) is -1.45. The quantitative estimate of drug-likeness (QED) is 0.419. The SMILES string of the molecule is O[C@H]1[C@H]2[C@@H](O)CCCN2C[C@@H]1O. The monoisotopic (exact) mass is 173 g/mol. The zero-order chi connectivity index (χ0) is 8.72. The maximum Gasteiger partial charge on any atom is 0.0991 e. The summed E-state index contributed by atoms with van der Waals surface area (Å²) < 4.78 is 0. The fourth-order valence-electron chi connectivity index (χ4n) is 2.30. The molecular weight excluding hydrogens is 158 g/mol. The molecule has 0 unspecified atom stereocenters. The molecule has 0 aromatic rings. The summed E-state index contributed by atoms with van der Waals surface area (Å²) in [6.07, 6.45) is -0.212. The minimum Gasteiger partial charge on any atom is -0.391 e. The second-order valence-corrected chi connectivity index (χ2v) is 3.75. The van der Waals surface area contributed by atoms with E-state index in [4.69, 9.17) is 0 Å². The zero-order valence-corrected chi connectivity index (χ0v) is 6.93. The number of hydrogen-bond acceptors (Lipinski definition) is 4. The third-order valence-corrected chi connectivity index (χ3v) is 2.93. The lowest BCUT2D eigenvalue weighted by Crippen LogP contribution is -2.48. The molecule has 0 radical (unpaired) electrons. The Morgan fingerprint density at radius 1 is 1.08 bits per heavy atom. The lowest BCUT2D eigenvalue weighted by Gasteiger charge is -2.34. The molecule has 3 N–H and O–H groups in total. The zero-order valence-electron chi connectivity index (χ0n) is 6.93. The van der Waals surface area contributed by atoms with Gasteiger partial charge in [-0.2, -0.15) is 0 Å². The Hall–Kier alpha value is -0.160. The van der Waals surface area contributed by atoms with E-state index >= 15 is 0 Å². The highest BCUT2D eigenvalue weighted by Gasteiger charge is 2.45. The van der Waals surface area contributed by atoms with Gasteiger partial charge in [-0.3, -0.25) is 4.90 Å². The van der Waals surface area contributed by atoms with E-state index < -0.39 is 18.3 Å². The normalized spacial score (nSPS) is 49.2. The van der Waals surface area contributed by atoms with Crippen molar-refractivity contribution in [2.75, 3.05) is 13.1 Å². The second-order valence-electron chi connectivity index (χ2n) is 3.75. The van der Waals surface area contributed by atoms with Crippen molar-refractivity contribution in [2.45, 2.75) is 37.2 Å². The number of nitrogens with zero attached hydrogens (tertiary/aromatic N) is 1. The van der Waals surface area contributed by atoms with Gasteiger partial charge >= 0.3 is 0 Å². The highest BCUT2D eigenvalue weighted by molar-refractivity contribution is 4.99. The van der Waals surface area contributed by atoms with Crippen molar-refractivity contribution in [1.29, 1.82) is 0 Å². The highest BCUT2D eigenvalue weighted by atomic mass is 16.3. The van der Waals surface area contributed by atoms with Crippen LogP contribution in [0.2, 0.25) is 0 Å². The van der Waals surface area contributed by atoms with Crippen LogP contribution in [-0.2, 0) is 0 Å². The van der Waals surface area contributed by atoms with Gasteiger partial charge in [-0.25, -0.2) is 0 Å². The molecule has 2 fully saturated rings. The van der Waals surface area contributed by atoms with Crippen LogP contribution >= 0.6 is 0 Å². The first-order chi connectivity index (χ1) is 5.70. The van der Waals surface area contributed by atoms with Crippen LogP contribution in [-0.4, -0.2) is 57.7 Å². The number of rotatable bonds is 0. The number of piperidine rings is 1. The Labute approximate surface area is 71.4 Å². The molecule has 0 amide bonds. The molecule has 0 bridgehead atoms. The molecule has 2 aliphatic heterocycles. The van der Waals surface area contributed by atoms with Crippen molar-refractivity contribution in [3.05, 3.63) is 0 Å². The third-order valence-electron chi connectivity index (χ3n) is 2.93. The molecule has 0 aromatic heterocycles. The minimum atomic E-state index is -0.764. The summed E-state index contributed by atoms with van der Waals surface area (Å²) in [5, 5.41) is 28.4. The maximum absolute atomic E-state index is 9.55. The van der Waals surface area contributed by atoms with Crippen LogP contribution in [0.25, 0.3) is 0 Å². The molecule has 4 heteroatoms. The average molecular weight is 173 g/mol. The van der Waals surface area contributed by atoms with Gasteiger partial charge in [0, 0.05) is 6.54 Å². The summed E-state index contributed by atoms with van der Waals surface area (Å²) in [5.74, 6) is 0. The van der Waals surface area contributed by atoms with Crippen molar-refractivity contribution in [2.24, 2.45) is 0 Å². The molecule has 70 valence electrons. The molecule has 2 heterocycles. The van der Waals surface area contributed by atoms with Gasteiger partial charge in [-0.15, -0.1) is 0 Å². The molecule has 0 aliphatic carbocycles. The van der Waals surface area contributed by atoms with Crippen LogP contribution in [0.1, 0.15) is 12.8 Å². The topological polar surface area (TPSA) is 63.9 Å².